The Morgan fingerprint density at radius 1 is 0.952 bits per heavy atom. The summed E-state index contributed by atoms with van der Waals surface area (Å²) < 4.78 is 1.23. The Balaban J connectivity index is 1.94. The number of aromatic hydroxyl groups is 1. The minimum absolute atomic E-state index is 0.102. The van der Waals surface area contributed by atoms with Crippen molar-refractivity contribution in [2.45, 2.75) is 31.1 Å². The van der Waals surface area contributed by atoms with E-state index in [-0.39, 0.29) is 5.41 Å². The van der Waals surface area contributed by atoms with Crippen LogP contribution in [0.3, 0.4) is 0 Å². The second kappa shape index (κ2) is 4.85. The first-order valence-electron chi connectivity index (χ1n) is 7.44. The van der Waals surface area contributed by atoms with Gasteiger partial charge in [-0.3, -0.25) is 0 Å². The highest BCUT2D eigenvalue weighted by Crippen LogP contribution is 2.50. The monoisotopic (exact) mass is 295 g/mol. The molecular formula is C18H17NOS. The summed E-state index contributed by atoms with van der Waals surface area (Å²) in [6.07, 6.45) is 4.54. The van der Waals surface area contributed by atoms with Gasteiger partial charge in [0.1, 0.15) is 10.8 Å². The van der Waals surface area contributed by atoms with Crippen molar-refractivity contribution in [3.05, 3.63) is 59.1 Å². The molecule has 0 unspecified atom stereocenters. The SMILES string of the molecule is Oc1ccccc1C1(c2nc3ccccc3s2)CCCC1. The van der Waals surface area contributed by atoms with Crippen molar-refractivity contribution in [1.82, 2.24) is 4.98 Å². The van der Waals surface area contributed by atoms with E-state index in [1.807, 2.05) is 18.2 Å². The molecular weight excluding hydrogens is 278 g/mol. The van der Waals surface area contributed by atoms with Gasteiger partial charge in [0.25, 0.3) is 0 Å². The average molecular weight is 295 g/mol. The van der Waals surface area contributed by atoms with Crippen LogP contribution >= 0.6 is 11.3 Å². The largest absolute Gasteiger partial charge is 0.508 e. The van der Waals surface area contributed by atoms with Gasteiger partial charge in [-0.05, 0) is 31.0 Å². The van der Waals surface area contributed by atoms with Crippen LogP contribution in [0.1, 0.15) is 36.3 Å². The summed E-state index contributed by atoms with van der Waals surface area (Å²) in [5.41, 5.74) is 2.01. The number of phenols is 1. The molecule has 3 aromatic rings. The van der Waals surface area contributed by atoms with E-state index in [0.717, 1.165) is 28.9 Å². The minimum Gasteiger partial charge on any atom is -0.508 e. The molecule has 0 atom stereocenters. The van der Waals surface area contributed by atoms with Gasteiger partial charge in [0, 0.05) is 5.56 Å². The minimum atomic E-state index is -0.102. The van der Waals surface area contributed by atoms with E-state index in [4.69, 9.17) is 4.98 Å². The Labute approximate surface area is 128 Å². The molecule has 1 saturated carbocycles. The molecule has 0 amide bonds. The molecule has 106 valence electrons. The highest BCUT2D eigenvalue weighted by Gasteiger charge is 2.41. The van der Waals surface area contributed by atoms with Gasteiger partial charge in [-0.1, -0.05) is 43.2 Å². The van der Waals surface area contributed by atoms with E-state index in [1.54, 1.807) is 17.4 Å². The summed E-state index contributed by atoms with van der Waals surface area (Å²) in [6, 6.07) is 16.1. The molecule has 0 aliphatic heterocycles. The molecule has 0 bridgehead atoms. The van der Waals surface area contributed by atoms with Gasteiger partial charge in [0.15, 0.2) is 0 Å². The second-order valence-corrected chi connectivity index (χ2v) is 6.82. The zero-order valence-corrected chi connectivity index (χ0v) is 12.6. The zero-order chi connectivity index (χ0) is 14.3. The predicted octanol–water partition coefficient (Wildman–Crippen LogP) is 4.86. The predicted molar refractivity (Wildman–Crippen MR) is 87.0 cm³/mol. The van der Waals surface area contributed by atoms with Crippen LogP contribution < -0.4 is 0 Å². The fourth-order valence-corrected chi connectivity index (χ4v) is 4.76. The van der Waals surface area contributed by atoms with Gasteiger partial charge in [-0.15, -0.1) is 11.3 Å². The number of nitrogens with zero attached hydrogens (tertiary/aromatic N) is 1. The van der Waals surface area contributed by atoms with Crippen LogP contribution in [-0.4, -0.2) is 10.1 Å². The van der Waals surface area contributed by atoms with E-state index in [1.165, 1.54) is 17.5 Å². The van der Waals surface area contributed by atoms with Crippen LogP contribution in [0.4, 0.5) is 0 Å². The summed E-state index contributed by atoms with van der Waals surface area (Å²) in [5.74, 6) is 0.402. The lowest BCUT2D eigenvalue weighted by Gasteiger charge is -2.28. The molecule has 21 heavy (non-hydrogen) atoms. The van der Waals surface area contributed by atoms with Gasteiger partial charge in [0.2, 0.25) is 0 Å². The van der Waals surface area contributed by atoms with E-state index in [0.29, 0.717) is 5.75 Å². The molecule has 1 heterocycles. The summed E-state index contributed by atoms with van der Waals surface area (Å²) in [5, 5.41) is 11.5. The van der Waals surface area contributed by atoms with Crippen LogP contribution in [-0.2, 0) is 5.41 Å². The van der Waals surface area contributed by atoms with Gasteiger partial charge < -0.3 is 5.11 Å². The second-order valence-electron chi connectivity index (χ2n) is 5.79. The summed E-state index contributed by atoms with van der Waals surface area (Å²) in [7, 11) is 0. The first kappa shape index (κ1) is 12.8. The summed E-state index contributed by atoms with van der Waals surface area (Å²) in [6.45, 7) is 0. The Morgan fingerprint density at radius 2 is 1.67 bits per heavy atom. The molecule has 3 heteroatoms. The Hall–Kier alpha value is -1.87. The Morgan fingerprint density at radius 3 is 2.43 bits per heavy atom. The molecule has 2 aromatic carbocycles. The van der Waals surface area contributed by atoms with Crippen LogP contribution in [0.15, 0.2) is 48.5 Å². The molecule has 1 N–H and O–H groups in total. The lowest BCUT2D eigenvalue weighted by Crippen LogP contribution is -2.23. The first-order valence-corrected chi connectivity index (χ1v) is 8.26. The average Bonchev–Trinajstić information content (AvgIpc) is 3.15. The number of aromatic nitrogens is 1. The molecule has 0 saturated heterocycles. The van der Waals surface area contributed by atoms with Crippen molar-refractivity contribution in [1.29, 1.82) is 0 Å². The molecule has 0 radical (unpaired) electrons. The molecule has 1 fully saturated rings. The number of para-hydroxylation sites is 2. The van der Waals surface area contributed by atoms with E-state index >= 15 is 0 Å². The van der Waals surface area contributed by atoms with E-state index in [2.05, 4.69) is 24.3 Å². The fraction of sp³-hybridized carbons (Fsp3) is 0.278. The third kappa shape index (κ3) is 1.95. The number of fused-ring (bicyclic) bond motifs is 1. The van der Waals surface area contributed by atoms with Crippen LogP contribution in [0, 0.1) is 0 Å². The summed E-state index contributed by atoms with van der Waals surface area (Å²) >= 11 is 1.77. The molecule has 1 aliphatic carbocycles. The summed E-state index contributed by atoms with van der Waals surface area (Å²) in [4.78, 5) is 4.89. The fourth-order valence-electron chi connectivity index (χ4n) is 3.53. The number of rotatable bonds is 2. The number of hydrogen-bond acceptors (Lipinski definition) is 3. The van der Waals surface area contributed by atoms with Crippen molar-refractivity contribution in [2.24, 2.45) is 0 Å². The molecule has 0 spiro atoms. The topological polar surface area (TPSA) is 33.1 Å². The van der Waals surface area contributed by atoms with Crippen molar-refractivity contribution < 1.29 is 5.11 Å². The van der Waals surface area contributed by atoms with E-state index < -0.39 is 0 Å². The van der Waals surface area contributed by atoms with Gasteiger partial charge in [-0.2, -0.15) is 0 Å². The van der Waals surface area contributed by atoms with Crippen LogP contribution in [0.25, 0.3) is 10.2 Å². The zero-order valence-electron chi connectivity index (χ0n) is 11.7. The number of phenolic OH excluding ortho intramolecular Hbond substituents is 1. The molecule has 1 aliphatic rings. The molecule has 2 nitrogen and oxygen atoms in total. The maximum absolute atomic E-state index is 10.3. The van der Waals surface area contributed by atoms with E-state index in [9.17, 15) is 5.11 Å². The van der Waals surface area contributed by atoms with Crippen molar-refractivity contribution >= 4 is 21.6 Å². The quantitative estimate of drug-likeness (QED) is 0.732. The lowest BCUT2D eigenvalue weighted by atomic mass is 9.79. The van der Waals surface area contributed by atoms with Crippen LogP contribution in [0.5, 0.6) is 5.75 Å². The van der Waals surface area contributed by atoms with Gasteiger partial charge in [0.05, 0.1) is 15.6 Å². The normalized spacial score (nSPS) is 17.3. The lowest BCUT2D eigenvalue weighted by molar-refractivity contribution is 0.437. The molecule has 1 aromatic heterocycles. The highest BCUT2D eigenvalue weighted by atomic mass is 32.1. The maximum Gasteiger partial charge on any atom is 0.119 e. The highest BCUT2D eigenvalue weighted by molar-refractivity contribution is 7.18. The Kier molecular flexibility index (Phi) is 2.96. The number of hydrogen-bond donors (Lipinski definition) is 1. The van der Waals surface area contributed by atoms with Gasteiger partial charge in [-0.25, -0.2) is 4.98 Å². The maximum atomic E-state index is 10.3. The first-order chi connectivity index (χ1) is 10.3. The number of benzene rings is 2. The smallest absolute Gasteiger partial charge is 0.119 e. The van der Waals surface area contributed by atoms with Gasteiger partial charge >= 0.3 is 0 Å². The number of thiazole rings is 1. The van der Waals surface area contributed by atoms with Crippen molar-refractivity contribution in [3.63, 3.8) is 0 Å². The standard InChI is InChI=1S/C18H17NOS/c20-15-9-3-1-7-13(15)18(11-5-6-12-18)17-19-14-8-2-4-10-16(14)21-17/h1-4,7-10,20H,5-6,11-12H2. The third-order valence-electron chi connectivity index (χ3n) is 4.58. The third-order valence-corrected chi connectivity index (χ3v) is 5.82. The van der Waals surface area contributed by atoms with Crippen LogP contribution in [0.2, 0.25) is 0 Å². The Bertz CT molecular complexity index is 754. The van der Waals surface area contributed by atoms with Crippen molar-refractivity contribution in [2.75, 3.05) is 0 Å². The molecule has 4 rings (SSSR count). The van der Waals surface area contributed by atoms with Crippen molar-refractivity contribution in [3.8, 4) is 5.75 Å².